The Kier molecular flexibility index (Phi) is 6.50. The average Bonchev–Trinajstić information content (AvgIpc) is 3.23. The third-order valence-corrected chi connectivity index (χ3v) is 4.96. The van der Waals surface area contributed by atoms with Crippen molar-refractivity contribution in [1.29, 1.82) is 0 Å². The Balaban J connectivity index is 1.57. The number of hydrogen-bond donors (Lipinski definition) is 1. The second kappa shape index (κ2) is 9.24. The van der Waals surface area contributed by atoms with E-state index in [9.17, 15) is 9.59 Å². The van der Waals surface area contributed by atoms with Gasteiger partial charge in [0.1, 0.15) is 5.75 Å². The van der Waals surface area contributed by atoms with E-state index in [2.05, 4.69) is 10.3 Å². The molecule has 9 heteroatoms. The molecule has 0 fully saturated rings. The maximum Gasteiger partial charge on any atom is 0.338 e. The van der Waals surface area contributed by atoms with Crippen LogP contribution in [-0.2, 0) is 16.1 Å². The van der Waals surface area contributed by atoms with E-state index in [0.29, 0.717) is 28.4 Å². The number of nitrogens with one attached hydrogen (secondary N) is 1. The molecule has 1 aromatic heterocycles. The quantitative estimate of drug-likeness (QED) is 0.564. The predicted octanol–water partition coefficient (Wildman–Crippen LogP) is 2.80. The highest BCUT2D eigenvalue weighted by molar-refractivity contribution is 7.16. The summed E-state index contributed by atoms with van der Waals surface area (Å²) in [5.74, 6) is 0.569. The lowest BCUT2D eigenvalue weighted by Gasteiger charge is -2.14. The van der Waals surface area contributed by atoms with Crippen molar-refractivity contribution in [2.75, 3.05) is 27.9 Å². The summed E-state index contributed by atoms with van der Waals surface area (Å²) in [7, 11) is 4.57. The Hall–Kier alpha value is -3.33. The molecule has 1 amide bonds. The van der Waals surface area contributed by atoms with Crippen LogP contribution in [0.25, 0.3) is 10.2 Å². The number of benzene rings is 2. The molecular weight excluding hydrogens is 396 g/mol. The van der Waals surface area contributed by atoms with Gasteiger partial charge >= 0.3 is 5.97 Å². The third kappa shape index (κ3) is 4.75. The van der Waals surface area contributed by atoms with E-state index < -0.39 is 18.5 Å². The van der Waals surface area contributed by atoms with Crippen LogP contribution in [0.15, 0.2) is 35.8 Å². The lowest BCUT2D eigenvalue weighted by atomic mass is 10.1. The van der Waals surface area contributed by atoms with E-state index >= 15 is 0 Å². The number of rotatable bonds is 8. The normalized spacial score (nSPS) is 10.4. The topological polar surface area (TPSA) is 96.0 Å². The number of carbonyl (C=O) groups excluding carboxylic acids is 2. The lowest BCUT2D eigenvalue weighted by Crippen LogP contribution is -2.28. The minimum atomic E-state index is -0.570. The van der Waals surface area contributed by atoms with Crippen LogP contribution in [0.1, 0.15) is 15.9 Å². The van der Waals surface area contributed by atoms with E-state index in [1.54, 1.807) is 35.8 Å². The SMILES string of the molecule is COc1cc(OC)c(OC)cc1CNC(=O)COC(=O)c1ccc2ncsc2c1. The molecule has 0 aliphatic rings. The molecule has 0 atom stereocenters. The fourth-order valence-electron chi connectivity index (χ4n) is 2.67. The fourth-order valence-corrected chi connectivity index (χ4v) is 3.39. The van der Waals surface area contributed by atoms with Gasteiger partial charge < -0.3 is 24.3 Å². The van der Waals surface area contributed by atoms with E-state index in [0.717, 1.165) is 10.2 Å². The first-order valence-corrected chi connectivity index (χ1v) is 9.49. The highest BCUT2D eigenvalue weighted by Gasteiger charge is 2.14. The van der Waals surface area contributed by atoms with Gasteiger partial charge in [-0.25, -0.2) is 9.78 Å². The van der Waals surface area contributed by atoms with E-state index in [1.165, 1.54) is 32.7 Å². The number of carbonyl (C=O) groups is 2. The average molecular weight is 416 g/mol. The number of aromatic nitrogens is 1. The number of amides is 1. The highest BCUT2D eigenvalue weighted by atomic mass is 32.1. The summed E-state index contributed by atoms with van der Waals surface area (Å²) in [6.45, 7) is -0.220. The summed E-state index contributed by atoms with van der Waals surface area (Å²) >= 11 is 1.43. The zero-order valence-electron chi connectivity index (χ0n) is 16.2. The second-order valence-electron chi connectivity index (χ2n) is 5.91. The number of hydrogen-bond acceptors (Lipinski definition) is 8. The van der Waals surface area contributed by atoms with Crippen LogP contribution in [0.3, 0.4) is 0 Å². The van der Waals surface area contributed by atoms with Gasteiger partial charge in [-0.1, -0.05) is 0 Å². The summed E-state index contributed by atoms with van der Waals surface area (Å²) < 4.78 is 21.8. The van der Waals surface area contributed by atoms with Crippen molar-refractivity contribution in [1.82, 2.24) is 10.3 Å². The van der Waals surface area contributed by atoms with Crippen LogP contribution < -0.4 is 19.5 Å². The van der Waals surface area contributed by atoms with Crippen LogP contribution in [-0.4, -0.2) is 44.8 Å². The number of methoxy groups -OCH3 is 3. The molecule has 29 heavy (non-hydrogen) atoms. The van der Waals surface area contributed by atoms with Gasteiger partial charge in [0.2, 0.25) is 0 Å². The molecule has 8 nitrogen and oxygen atoms in total. The largest absolute Gasteiger partial charge is 0.496 e. The summed E-state index contributed by atoms with van der Waals surface area (Å²) in [6, 6.07) is 8.45. The molecule has 0 saturated heterocycles. The Morgan fingerprint density at radius 1 is 1.00 bits per heavy atom. The molecule has 152 valence electrons. The van der Waals surface area contributed by atoms with Crippen molar-refractivity contribution in [3.05, 3.63) is 47.0 Å². The van der Waals surface area contributed by atoms with Gasteiger partial charge in [-0.15, -0.1) is 11.3 Å². The van der Waals surface area contributed by atoms with Gasteiger partial charge in [0.15, 0.2) is 18.1 Å². The Labute approximate surface area is 171 Å². The summed E-state index contributed by atoms with van der Waals surface area (Å²) in [5.41, 5.74) is 3.58. The van der Waals surface area contributed by atoms with E-state index in [4.69, 9.17) is 18.9 Å². The Bertz CT molecular complexity index is 1030. The minimum Gasteiger partial charge on any atom is -0.496 e. The van der Waals surface area contributed by atoms with Crippen molar-refractivity contribution >= 4 is 33.4 Å². The summed E-state index contributed by atoms with van der Waals surface area (Å²) in [5, 5.41) is 2.69. The maximum atomic E-state index is 12.2. The van der Waals surface area contributed by atoms with Crippen molar-refractivity contribution in [3.63, 3.8) is 0 Å². The molecule has 0 unspecified atom stereocenters. The van der Waals surface area contributed by atoms with Gasteiger partial charge in [0, 0.05) is 18.2 Å². The number of esters is 1. The monoisotopic (exact) mass is 416 g/mol. The van der Waals surface area contributed by atoms with Gasteiger partial charge in [-0.2, -0.15) is 0 Å². The summed E-state index contributed by atoms with van der Waals surface area (Å²) in [6.07, 6.45) is 0. The van der Waals surface area contributed by atoms with Crippen LogP contribution in [0.5, 0.6) is 17.2 Å². The zero-order chi connectivity index (χ0) is 20.8. The molecule has 0 aliphatic carbocycles. The second-order valence-corrected chi connectivity index (χ2v) is 6.79. The molecule has 0 radical (unpaired) electrons. The van der Waals surface area contributed by atoms with Gasteiger partial charge in [0.25, 0.3) is 5.91 Å². The molecule has 1 heterocycles. The van der Waals surface area contributed by atoms with Crippen molar-refractivity contribution in [2.24, 2.45) is 0 Å². The number of fused-ring (bicyclic) bond motifs is 1. The van der Waals surface area contributed by atoms with Crippen molar-refractivity contribution < 1.29 is 28.5 Å². The van der Waals surface area contributed by atoms with Crippen LogP contribution >= 0.6 is 11.3 Å². The predicted molar refractivity (Wildman–Crippen MR) is 108 cm³/mol. The molecule has 3 rings (SSSR count). The highest BCUT2D eigenvalue weighted by Crippen LogP contribution is 2.34. The molecule has 1 N–H and O–H groups in total. The van der Waals surface area contributed by atoms with Crippen LogP contribution in [0.2, 0.25) is 0 Å². The lowest BCUT2D eigenvalue weighted by molar-refractivity contribution is -0.124. The fraction of sp³-hybridized carbons (Fsp3) is 0.250. The summed E-state index contributed by atoms with van der Waals surface area (Å²) in [4.78, 5) is 28.4. The van der Waals surface area contributed by atoms with E-state index in [-0.39, 0.29) is 6.54 Å². The maximum absolute atomic E-state index is 12.2. The standard InChI is InChI=1S/C20H20N2O6S/c1-25-15-8-17(27-3)16(26-2)6-13(15)9-21-19(23)10-28-20(24)12-4-5-14-18(7-12)29-11-22-14/h4-8,11H,9-10H2,1-3H3,(H,21,23). The van der Waals surface area contributed by atoms with Crippen LogP contribution in [0.4, 0.5) is 0 Å². The molecule has 0 bridgehead atoms. The molecule has 0 spiro atoms. The van der Waals surface area contributed by atoms with E-state index in [1.807, 2.05) is 0 Å². The van der Waals surface area contributed by atoms with Gasteiger partial charge in [-0.3, -0.25) is 4.79 Å². The zero-order valence-corrected chi connectivity index (χ0v) is 17.0. The molecule has 0 saturated carbocycles. The van der Waals surface area contributed by atoms with Crippen LogP contribution in [0, 0.1) is 0 Å². The molecular formula is C20H20N2O6S. The number of thiazole rings is 1. The smallest absolute Gasteiger partial charge is 0.338 e. The van der Waals surface area contributed by atoms with Crippen molar-refractivity contribution in [3.8, 4) is 17.2 Å². The van der Waals surface area contributed by atoms with Gasteiger partial charge in [-0.05, 0) is 24.3 Å². The number of ether oxygens (including phenoxy) is 4. The van der Waals surface area contributed by atoms with Crippen molar-refractivity contribution in [2.45, 2.75) is 6.54 Å². The minimum absolute atomic E-state index is 0.173. The molecule has 3 aromatic rings. The molecule has 2 aromatic carbocycles. The molecule has 0 aliphatic heterocycles. The third-order valence-electron chi connectivity index (χ3n) is 4.16. The first-order chi connectivity index (χ1) is 14.0. The Morgan fingerprint density at radius 3 is 2.45 bits per heavy atom. The van der Waals surface area contributed by atoms with Gasteiger partial charge in [0.05, 0.1) is 42.6 Å². The first kappa shape index (κ1) is 20.4. The first-order valence-electron chi connectivity index (χ1n) is 8.61. The Morgan fingerprint density at radius 2 is 1.72 bits per heavy atom. The number of nitrogens with zero attached hydrogens (tertiary/aromatic N) is 1.